The van der Waals surface area contributed by atoms with Crippen LogP contribution in [0.15, 0.2) is 42.5 Å². The van der Waals surface area contributed by atoms with E-state index in [1.165, 1.54) is 36.8 Å². The summed E-state index contributed by atoms with van der Waals surface area (Å²) in [5, 5.41) is 0. The third-order valence-corrected chi connectivity index (χ3v) is 4.88. The van der Waals surface area contributed by atoms with E-state index in [4.69, 9.17) is 0 Å². The van der Waals surface area contributed by atoms with Crippen LogP contribution in [0.3, 0.4) is 0 Å². The van der Waals surface area contributed by atoms with Gasteiger partial charge >= 0.3 is 0 Å². The summed E-state index contributed by atoms with van der Waals surface area (Å²) in [6, 6.07) is 6.83. The molecule has 4 rings (SSSR count). The monoisotopic (exact) mass is 300 g/mol. The Bertz CT molecular complexity index is 673. The summed E-state index contributed by atoms with van der Waals surface area (Å²) in [7, 11) is 0. The average molecular weight is 301 g/mol. The molecule has 2 aliphatic rings. The summed E-state index contributed by atoms with van der Waals surface area (Å²) in [5.74, 6) is 0. The second-order valence-corrected chi connectivity index (χ2v) is 6.51. The average Bonchev–Trinajstić information content (AvgIpc) is 2.91. The van der Waals surface area contributed by atoms with Gasteiger partial charge in [-0.25, -0.2) is 4.98 Å². The van der Waals surface area contributed by atoms with Crippen LogP contribution < -0.4 is 0 Å². The Balaban J connectivity index is 0.00000132. The van der Waals surface area contributed by atoms with Crippen LogP contribution in [-0.4, -0.2) is 9.55 Å². The van der Waals surface area contributed by atoms with Gasteiger partial charge in [0.15, 0.2) is 0 Å². The second kappa shape index (κ2) is 5.34. The maximum Gasteiger partial charge on any atom is 0.0948 e. The highest BCUT2D eigenvalue weighted by Crippen LogP contribution is 2.47. The number of nitrogens with zero attached hydrogens (tertiary/aromatic N) is 2. The van der Waals surface area contributed by atoms with Crippen LogP contribution >= 0.6 is 12.4 Å². The van der Waals surface area contributed by atoms with E-state index in [1.807, 2.05) is 12.5 Å². The van der Waals surface area contributed by atoms with Gasteiger partial charge in [-0.05, 0) is 53.4 Å². The number of benzene rings is 1. The normalized spacial score (nSPS) is 23.0. The van der Waals surface area contributed by atoms with Gasteiger partial charge in [0.1, 0.15) is 0 Å². The Labute approximate surface area is 132 Å². The number of imidazole rings is 1. The SMILES string of the molecule is CC12CCCc3cccc(c31)C=C(Cn1ccnc1)C2.Cl. The largest absolute Gasteiger partial charge is 0.333 e. The van der Waals surface area contributed by atoms with Crippen molar-refractivity contribution in [3.63, 3.8) is 0 Å². The molecule has 1 atom stereocenters. The van der Waals surface area contributed by atoms with E-state index in [0.29, 0.717) is 5.41 Å². The molecule has 21 heavy (non-hydrogen) atoms. The van der Waals surface area contributed by atoms with E-state index < -0.39 is 0 Å². The van der Waals surface area contributed by atoms with Crippen molar-refractivity contribution in [3.8, 4) is 0 Å². The van der Waals surface area contributed by atoms with Gasteiger partial charge in [0.25, 0.3) is 0 Å². The van der Waals surface area contributed by atoms with Gasteiger partial charge in [-0.1, -0.05) is 31.2 Å². The molecule has 0 N–H and O–H groups in total. The minimum Gasteiger partial charge on any atom is -0.333 e. The van der Waals surface area contributed by atoms with Crippen molar-refractivity contribution in [2.24, 2.45) is 0 Å². The van der Waals surface area contributed by atoms with Crippen LogP contribution in [-0.2, 0) is 18.4 Å². The highest BCUT2D eigenvalue weighted by molar-refractivity contribution is 5.85. The Hall–Kier alpha value is -1.54. The lowest BCUT2D eigenvalue weighted by Crippen LogP contribution is -2.32. The zero-order valence-corrected chi connectivity index (χ0v) is 13.2. The topological polar surface area (TPSA) is 17.8 Å². The van der Waals surface area contributed by atoms with Gasteiger partial charge in [-0.3, -0.25) is 0 Å². The molecule has 0 aliphatic heterocycles. The molecule has 0 amide bonds. The first-order valence-electron chi connectivity index (χ1n) is 7.52. The Morgan fingerprint density at radius 2 is 2.24 bits per heavy atom. The highest BCUT2D eigenvalue weighted by Gasteiger charge is 2.36. The van der Waals surface area contributed by atoms with E-state index in [0.717, 1.165) is 6.54 Å². The lowest BCUT2D eigenvalue weighted by molar-refractivity contribution is 0.380. The molecule has 3 heteroatoms. The molecule has 0 bridgehead atoms. The lowest BCUT2D eigenvalue weighted by Gasteiger charge is -2.41. The fraction of sp³-hybridized carbons (Fsp3) is 0.389. The summed E-state index contributed by atoms with van der Waals surface area (Å²) < 4.78 is 2.17. The molecule has 2 nitrogen and oxygen atoms in total. The first kappa shape index (κ1) is 14.4. The fourth-order valence-electron chi connectivity index (χ4n) is 4.14. The van der Waals surface area contributed by atoms with Crippen LogP contribution in [0, 0.1) is 0 Å². The molecule has 0 saturated heterocycles. The van der Waals surface area contributed by atoms with Crippen molar-refractivity contribution in [1.29, 1.82) is 0 Å². The first-order valence-corrected chi connectivity index (χ1v) is 7.52. The molecule has 2 aliphatic carbocycles. The molecular formula is C18H21ClN2. The number of hydrogen-bond acceptors (Lipinski definition) is 1. The molecule has 0 spiro atoms. The molecule has 0 fully saturated rings. The summed E-state index contributed by atoms with van der Waals surface area (Å²) in [4.78, 5) is 4.15. The van der Waals surface area contributed by atoms with Gasteiger partial charge in [0.05, 0.1) is 6.33 Å². The maximum atomic E-state index is 4.15. The molecule has 1 unspecified atom stereocenters. The van der Waals surface area contributed by atoms with E-state index in [2.05, 4.69) is 46.9 Å². The van der Waals surface area contributed by atoms with Crippen LogP contribution in [0.1, 0.15) is 42.9 Å². The Morgan fingerprint density at radius 3 is 3.05 bits per heavy atom. The van der Waals surface area contributed by atoms with Crippen molar-refractivity contribution in [2.75, 3.05) is 0 Å². The van der Waals surface area contributed by atoms with E-state index in [1.54, 1.807) is 11.1 Å². The van der Waals surface area contributed by atoms with Crippen LogP contribution in [0.4, 0.5) is 0 Å². The predicted octanol–water partition coefficient (Wildman–Crippen LogP) is 4.39. The third kappa shape index (κ3) is 2.42. The molecule has 1 aromatic carbocycles. The Kier molecular flexibility index (Phi) is 3.66. The summed E-state index contributed by atoms with van der Waals surface area (Å²) in [5.41, 5.74) is 6.52. The number of rotatable bonds is 2. The second-order valence-electron chi connectivity index (χ2n) is 6.51. The molecular weight excluding hydrogens is 280 g/mol. The summed E-state index contributed by atoms with van der Waals surface area (Å²) in [6.45, 7) is 3.43. The van der Waals surface area contributed by atoms with Gasteiger partial charge < -0.3 is 4.57 Å². The number of halogens is 1. The quantitative estimate of drug-likeness (QED) is 0.804. The van der Waals surface area contributed by atoms with Crippen LogP contribution in [0.5, 0.6) is 0 Å². The van der Waals surface area contributed by atoms with Gasteiger partial charge in [0, 0.05) is 18.9 Å². The zero-order valence-electron chi connectivity index (χ0n) is 12.4. The zero-order chi connectivity index (χ0) is 13.6. The van der Waals surface area contributed by atoms with E-state index >= 15 is 0 Å². The smallest absolute Gasteiger partial charge is 0.0948 e. The molecule has 1 aromatic heterocycles. The van der Waals surface area contributed by atoms with Crippen molar-refractivity contribution in [1.82, 2.24) is 9.55 Å². The molecule has 1 heterocycles. The summed E-state index contributed by atoms with van der Waals surface area (Å²) in [6.07, 6.45) is 13.3. The van der Waals surface area contributed by atoms with E-state index in [-0.39, 0.29) is 12.4 Å². The number of hydrogen-bond donors (Lipinski definition) is 0. The van der Waals surface area contributed by atoms with Crippen LogP contribution in [0.25, 0.3) is 6.08 Å². The number of aromatic nitrogens is 2. The minimum atomic E-state index is 0. The van der Waals surface area contributed by atoms with Gasteiger partial charge in [0.2, 0.25) is 0 Å². The first-order chi connectivity index (χ1) is 9.74. The number of allylic oxidation sites excluding steroid dienone is 1. The number of aryl methyl sites for hydroxylation is 1. The fourth-order valence-corrected chi connectivity index (χ4v) is 4.14. The Morgan fingerprint density at radius 1 is 1.33 bits per heavy atom. The molecule has 110 valence electrons. The van der Waals surface area contributed by atoms with Crippen molar-refractivity contribution < 1.29 is 0 Å². The lowest BCUT2D eigenvalue weighted by atomic mass is 9.64. The van der Waals surface area contributed by atoms with Crippen LogP contribution in [0.2, 0.25) is 0 Å². The van der Waals surface area contributed by atoms with E-state index in [9.17, 15) is 0 Å². The van der Waals surface area contributed by atoms with Gasteiger partial charge in [-0.15, -0.1) is 12.4 Å². The van der Waals surface area contributed by atoms with Gasteiger partial charge in [-0.2, -0.15) is 0 Å². The summed E-state index contributed by atoms with van der Waals surface area (Å²) >= 11 is 0. The third-order valence-electron chi connectivity index (χ3n) is 4.88. The molecule has 0 saturated carbocycles. The minimum absolute atomic E-state index is 0. The standard InChI is InChI=1S/C18H20N2.ClH/c1-18-7-3-6-15-4-2-5-16(17(15)18)10-14(11-18)12-20-9-8-19-13-20;/h2,4-5,8-10,13H,3,6-7,11-12H2,1H3;1H. The van der Waals surface area contributed by atoms with Crippen molar-refractivity contribution in [2.45, 2.75) is 44.6 Å². The van der Waals surface area contributed by atoms with Crippen molar-refractivity contribution >= 4 is 18.5 Å². The maximum absolute atomic E-state index is 4.15. The highest BCUT2D eigenvalue weighted by atomic mass is 35.5. The molecule has 2 aromatic rings. The van der Waals surface area contributed by atoms with Crippen molar-refractivity contribution in [3.05, 3.63) is 59.2 Å². The predicted molar refractivity (Wildman–Crippen MR) is 88.8 cm³/mol. The molecule has 0 radical (unpaired) electrons.